The molecule has 0 bridgehead atoms. The van der Waals surface area contributed by atoms with Crippen LogP contribution in [0.5, 0.6) is 5.75 Å². The van der Waals surface area contributed by atoms with Gasteiger partial charge in [0.05, 0.1) is 24.2 Å². The first-order chi connectivity index (χ1) is 16.9. The van der Waals surface area contributed by atoms with Gasteiger partial charge in [0, 0.05) is 19.2 Å². The molecule has 0 aliphatic carbocycles. The van der Waals surface area contributed by atoms with Gasteiger partial charge in [0.25, 0.3) is 5.56 Å². The first kappa shape index (κ1) is 24.1. The number of methoxy groups -OCH3 is 1. The quantitative estimate of drug-likeness (QED) is 0.284. The fraction of sp³-hybridized carbons (Fsp3) is 0.200. The number of anilines is 1. The van der Waals surface area contributed by atoms with Gasteiger partial charge in [-0.1, -0.05) is 48.2 Å². The van der Waals surface area contributed by atoms with Crippen LogP contribution < -0.4 is 15.6 Å². The molecule has 180 valence electrons. The molecule has 0 aliphatic heterocycles. The maximum absolute atomic E-state index is 13.0. The van der Waals surface area contributed by atoms with Crippen LogP contribution in [0.2, 0.25) is 0 Å². The van der Waals surface area contributed by atoms with Crippen molar-refractivity contribution < 1.29 is 9.53 Å². The van der Waals surface area contributed by atoms with E-state index in [2.05, 4.69) is 22.1 Å². The minimum atomic E-state index is -0.308. The van der Waals surface area contributed by atoms with Crippen LogP contribution in [0, 0.1) is 6.92 Å². The second kappa shape index (κ2) is 10.5. The van der Waals surface area contributed by atoms with Gasteiger partial charge in [-0.25, -0.2) is 4.68 Å². The Bertz CT molecular complexity index is 1420. The summed E-state index contributed by atoms with van der Waals surface area (Å²) in [6.45, 7) is 6.09. The number of carbonyl (C=O) groups excluding carboxylic acids is 1. The molecule has 0 fully saturated rings. The van der Waals surface area contributed by atoms with Crippen LogP contribution in [0.25, 0.3) is 17.1 Å². The number of benzene rings is 2. The molecule has 9 nitrogen and oxygen atoms in total. The minimum Gasteiger partial charge on any atom is -0.497 e. The number of hydrogen-bond donors (Lipinski definition) is 1. The molecule has 1 N–H and O–H groups in total. The number of nitrogens with zero attached hydrogens (tertiary/aromatic N) is 5. The van der Waals surface area contributed by atoms with Gasteiger partial charge in [-0.05, 0) is 31.2 Å². The largest absolute Gasteiger partial charge is 0.497 e. The lowest BCUT2D eigenvalue weighted by Crippen LogP contribution is -2.23. The third-order valence-electron chi connectivity index (χ3n) is 5.51. The Morgan fingerprint density at radius 1 is 1.17 bits per heavy atom. The van der Waals surface area contributed by atoms with E-state index in [0.29, 0.717) is 29.0 Å². The van der Waals surface area contributed by atoms with Gasteiger partial charge in [0.2, 0.25) is 5.91 Å². The average molecular weight is 491 g/mol. The Labute approximate surface area is 207 Å². The molecule has 0 saturated carbocycles. The molecular formula is C25H26N6O3S. The highest BCUT2D eigenvalue weighted by atomic mass is 32.2. The monoisotopic (exact) mass is 490 g/mol. The average Bonchev–Trinajstić information content (AvgIpc) is 3.37. The number of allylic oxidation sites excluding steroid dienone is 1. The summed E-state index contributed by atoms with van der Waals surface area (Å²) in [4.78, 5) is 25.8. The zero-order valence-electron chi connectivity index (χ0n) is 19.8. The van der Waals surface area contributed by atoms with Crippen molar-refractivity contribution in [2.45, 2.75) is 18.6 Å². The fourth-order valence-corrected chi connectivity index (χ4v) is 4.43. The van der Waals surface area contributed by atoms with E-state index in [1.807, 2.05) is 59.2 Å². The highest BCUT2D eigenvalue weighted by molar-refractivity contribution is 7.99. The van der Waals surface area contributed by atoms with E-state index in [-0.39, 0.29) is 22.9 Å². The summed E-state index contributed by atoms with van der Waals surface area (Å²) in [7, 11) is 3.39. The van der Waals surface area contributed by atoms with Crippen molar-refractivity contribution in [3.63, 3.8) is 0 Å². The van der Waals surface area contributed by atoms with Crippen molar-refractivity contribution in [3.05, 3.63) is 83.3 Å². The first-order valence-corrected chi connectivity index (χ1v) is 11.9. The number of rotatable bonds is 9. The Kier molecular flexibility index (Phi) is 7.21. The van der Waals surface area contributed by atoms with Gasteiger partial charge in [0.1, 0.15) is 11.4 Å². The number of nitrogens with one attached hydrogen (secondary N) is 1. The zero-order chi connectivity index (χ0) is 24.9. The number of hydrogen-bond acceptors (Lipinski definition) is 6. The predicted molar refractivity (Wildman–Crippen MR) is 137 cm³/mol. The van der Waals surface area contributed by atoms with E-state index >= 15 is 0 Å². The zero-order valence-corrected chi connectivity index (χ0v) is 20.6. The summed E-state index contributed by atoms with van der Waals surface area (Å²) in [5.74, 6) is 1.11. The molecular weight excluding hydrogens is 464 g/mol. The van der Waals surface area contributed by atoms with Crippen LogP contribution in [0.1, 0.15) is 5.69 Å². The van der Waals surface area contributed by atoms with Crippen LogP contribution in [0.15, 0.2) is 77.2 Å². The van der Waals surface area contributed by atoms with Crippen molar-refractivity contribution in [1.82, 2.24) is 24.1 Å². The number of amides is 1. The third kappa shape index (κ3) is 4.92. The molecule has 10 heteroatoms. The highest BCUT2D eigenvalue weighted by Crippen LogP contribution is 2.27. The summed E-state index contributed by atoms with van der Waals surface area (Å²) in [6, 6.07) is 16.8. The van der Waals surface area contributed by atoms with Crippen molar-refractivity contribution >= 4 is 23.4 Å². The van der Waals surface area contributed by atoms with Gasteiger partial charge in [-0.15, -0.1) is 16.8 Å². The second-order valence-corrected chi connectivity index (χ2v) is 8.65. The number of para-hydroxylation sites is 1. The second-order valence-electron chi connectivity index (χ2n) is 7.71. The summed E-state index contributed by atoms with van der Waals surface area (Å²) < 4.78 is 10.4. The Morgan fingerprint density at radius 2 is 1.94 bits per heavy atom. The molecule has 0 spiro atoms. The Hall–Kier alpha value is -4.05. The molecule has 0 unspecified atom stereocenters. The van der Waals surface area contributed by atoms with Gasteiger partial charge in [0.15, 0.2) is 11.0 Å². The molecule has 0 aliphatic rings. The van der Waals surface area contributed by atoms with Gasteiger partial charge < -0.3 is 10.1 Å². The topological polar surface area (TPSA) is 96.0 Å². The van der Waals surface area contributed by atoms with Crippen LogP contribution in [-0.2, 0) is 18.4 Å². The maximum Gasteiger partial charge on any atom is 0.295 e. The smallest absolute Gasteiger partial charge is 0.295 e. The molecule has 2 aromatic carbocycles. The van der Waals surface area contributed by atoms with E-state index in [1.54, 1.807) is 31.8 Å². The standard InChI is InChI=1S/C25H26N6O3S/c1-5-14-30-23(18-10-9-13-20(15-18)34-4)27-28-25(30)35-16-21(32)26-22-17(2)29(3)31(24(22)33)19-11-7-6-8-12-19/h5-13,15H,1,14,16H2,2-4H3,(H,26,32). The fourth-order valence-electron chi connectivity index (χ4n) is 3.68. The number of carbonyl (C=O) groups is 1. The van der Waals surface area contributed by atoms with Crippen LogP contribution >= 0.6 is 11.8 Å². The van der Waals surface area contributed by atoms with Crippen molar-refractivity contribution in [3.8, 4) is 22.8 Å². The summed E-state index contributed by atoms with van der Waals surface area (Å²) in [5.41, 5.74) is 2.19. The molecule has 0 atom stereocenters. The van der Waals surface area contributed by atoms with E-state index in [4.69, 9.17) is 4.74 Å². The summed E-state index contributed by atoms with van der Waals surface area (Å²) in [6.07, 6.45) is 1.75. The lowest BCUT2D eigenvalue weighted by atomic mass is 10.2. The van der Waals surface area contributed by atoms with Gasteiger partial charge >= 0.3 is 0 Å². The highest BCUT2D eigenvalue weighted by Gasteiger charge is 2.20. The molecule has 2 heterocycles. The molecule has 4 aromatic rings. The van der Waals surface area contributed by atoms with E-state index in [0.717, 1.165) is 11.3 Å². The van der Waals surface area contributed by atoms with Gasteiger partial charge in [-0.3, -0.25) is 18.8 Å². The number of ether oxygens (including phenoxy) is 1. The first-order valence-electron chi connectivity index (χ1n) is 10.9. The third-order valence-corrected chi connectivity index (χ3v) is 6.47. The van der Waals surface area contributed by atoms with E-state index in [9.17, 15) is 9.59 Å². The molecule has 2 aromatic heterocycles. The summed E-state index contributed by atoms with van der Waals surface area (Å²) >= 11 is 1.24. The minimum absolute atomic E-state index is 0.0620. The van der Waals surface area contributed by atoms with Crippen LogP contribution in [0.3, 0.4) is 0 Å². The predicted octanol–water partition coefficient (Wildman–Crippen LogP) is 3.67. The van der Waals surface area contributed by atoms with Crippen LogP contribution in [-0.4, -0.2) is 42.9 Å². The molecule has 0 radical (unpaired) electrons. The molecule has 1 amide bonds. The Morgan fingerprint density at radius 3 is 2.66 bits per heavy atom. The maximum atomic E-state index is 13.0. The van der Waals surface area contributed by atoms with Crippen molar-refractivity contribution in [2.24, 2.45) is 7.05 Å². The lowest BCUT2D eigenvalue weighted by Gasteiger charge is -2.09. The lowest BCUT2D eigenvalue weighted by molar-refractivity contribution is -0.113. The Balaban J connectivity index is 1.52. The molecule has 35 heavy (non-hydrogen) atoms. The van der Waals surface area contributed by atoms with E-state index < -0.39 is 0 Å². The number of aromatic nitrogens is 5. The molecule has 0 saturated heterocycles. The van der Waals surface area contributed by atoms with Crippen molar-refractivity contribution in [2.75, 3.05) is 18.2 Å². The SMILES string of the molecule is C=CCn1c(SCC(=O)Nc2c(C)n(C)n(-c3ccccc3)c2=O)nnc1-c1cccc(OC)c1. The van der Waals surface area contributed by atoms with Crippen molar-refractivity contribution in [1.29, 1.82) is 0 Å². The molecule has 4 rings (SSSR count). The summed E-state index contributed by atoms with van der Waals surface area (Å²) in [5, 5.41) is 11.9. The van der Waals surface area contributed by atoms with E-state index in [1.165, 1.54) is 16.4 Å². The number of thioether (sulfide) groups is 1. The van der Waals surface area contributed by atoms with Gasteiger partial charge in [-0.2, -0.15) is 0 Å². The normalized spacial score (nSPS) is 10.8. The van der Waals surface area contributed by atoms with Crippen LogP contribution in [0.4, 0.5) is 5.69 Å².